The molecule has 0 saturated heterocycles. The highest BCUT2D eigenvalue weighted by Gasteiger charge is 2.03. The van der Waals surface area contributed by atoms with Crippen molar-refractivity contribution in [1.29, 1.82) is 0 Å². The minimum atomic E-state index is -0.177. The highest BCUT2D eigenvalue weighted by Crippen LogP contribution is 2.02. The van der Waals surface area contributed by atoms with Gasteiger partial charge in [0.2, 0.25) is 0 Å². The summed E-state index contributed by atoms with van der Waals surface area (Å²) >= 11 is 7.46. The van der Waals surface area contributed by atoms with E-state index in [1.165, 1.54) is 0 Å². The maximum Gasteiger partial charge on any atom is 0.198 e. The van der Waals surface area contributed by atoms with Gasteiger partial charge in [0.15, 0.2) is 5.12 Å². The molecule has 0 radical (unpaired) electrons. The van der Waals surface area contributed by atoms with Crippen LogP contribution in [0.2, 0.25) is 0 Å². The van der Waals surface area contributed by atoms with Crippen molar-refractivity contribution in [2.45, 2.75) is 18.6 Å². The molecular weight excluding hydrogens is 128 g/mol. The molecule has 0 fully saturated rings. The number of carbonyl (C=O) groups is 1. The van der Waals surface area contributed by atoms with Gasteiger partial charge in [0.25, 0.3) is 0 Å². The molecule has 3 heteroatoms. The molecule has 0 aromatic carbocycles. The molecule has 7 heavy (non-hydrogen) atoms. The van der Waals surface area contributed by atoms with E-state index in [9.17, 15) is 4.79 Å². The third-order valence-electron chi connectivity index (χ3n) is 0.672. The van der Waals surface area contributed by atoms with Gasteiger partial charge >= 0.3 is 0 Å². The van der Waals surface area contributed by atoms with Crippen LogP contribution in [0.1, 0.15) is 13.3 Å². The van der Waals surface area contributed by atoms with Crippen molar-refractivity contribution in [3.8, 4) is 0 Å². The highest BCUT2D eigenvalue weighted by atomic mass is 32.1. The lowest BCUT2D eigenvalue weighted by molar-refractivity contribution is -0.110. The van der Waals surface area contributed by atoms with Crippen LogP contribution in [0.5, 0.6) is 0 Å². The van der Waals surface area contributed by atoms with Gasteiger partial charge in [-0.1, -0.05) is 6.92 Å². The third-order valence-corrected chi connectivity index (χ3v) is 1.79. The Hall–Kier alpha value is 0.370. The second kappa shape index (κ2) is 3.38. The predicted molar refractivity (Wildman–Crippen MR) is 37.1 cm³/mol. The normalized spacial score (nSPS) is 13.6. The van der Waals surface area contributed by atoms with Gasteiger partial charge in [-0.3, -0.25) is 4.79 Å². The summed E-state index contributed by atoms with van der Waals surface area (Å²) < 4.78 is 0. The minimum Gasteiger partial charge on any atom is -0.286 e. The number of rotatable bonds is 2. The van der Waals surface area contributed by atoms with Gasteiger partial charge in [-0.2, -0.15) is 12.6 Å². The Labute approximate surface area is 54.3 Å². The Morgan fingerprint density at radius 3 is 2.29 bits per heavy atom. The van der Waals surface area contributed by atoms with Crippen LogP contribution >= 0.6 is 25.3 Å². The molecule has 1 nitrogen and oxygen atoms in total. The van der Waals surface area contributed by atoms with Gasteiger partial charge < -0.3 is 0 Å². The number of thiol groups is 2. The third kappa shape index (κ3) is 3.00. The van der Waals surface area contributed by atoms with Gasteiger partial charge in [0, 0.05) is 0 Å². The van der Waals surface area contributed by atoms with Crippen LogP contribution < -0.4 is 0 Å². The van der Waals surface area contributed by atoms with E-state index in [0.29, 0.717) is 0 Å². The van der Waals surface area contributed by atoms with Crippen LogP contribution in [0.25, 0.3) is 0 Å². The van der Waals surface area contributed by atoms with Crippen molar-refractivity contribution < 1.29 is 4.79 Å². The Morgan fingerprint density at radius 1 is 1.86 bits per heavy atom. The molecule has 0 aromatic heterocycles. The molecule has 42 valence electrons. The fourth-order valence-corrected chi connectivity index (χ4v) is 0.357. The molecule has 0 aliphatic heterocycles. The van der Waals surface area contributed by atoms with Crippen LogP contribution in [0.15, 0.2) is 0 Å². The molecule has 1 atom stereocenters. The fourth-order valence-electron chi connectivity index (χ4n) is 0.175. The van der Waals surface area contributed by atoms with Gasteiger partial charge in [0.05, 0.1) is 5.25 Å². The smallest absolute Gasteiger partial charge is 0.198 e. The van der Waals surface area contributed by atoms with Crippen LogP contribution in [0.3, 0.4) is 0 Å². The monoisotopic (exact) mass is 136 g/mol. The minimum absolute atomic E-state index is 0.147. The zero-order valence-electron chi connectivity index (χ0n) is 4.09. The van der Waals surface area contributed by atoms with Crippen molar-refractivity contribution in [2.24, 2.45) is 0 Å². The van der Waals surface area contributed by atoms with Crippen molar-refractivity contribution in [3.63, 3.8) is 0 Å². The molecule has 0 amide bonds. The van der Waals surface area contributed by atoms with Crippen LogP contribution in [-0.4, -0.2) is 10.4 Å². The summed E-state index contributed by atoms with van der Waals surface area (Å²) in [4.78, 5) is 10.2. The van der Waals surface area contributed by atoms with E-state index in [1.807, 2.05) is 6.92 Å². The molecule has 0 saturated carbocycles. The van der Waals surface area contributed by atoms with Crippen molar-refractivity contribution in [3.05, 3.63) is 0 Å². The molecule has 0 N–H and O–H groups in total. The summed E-state index contributed by atoms with van der Waals surface area (Å²) in [6.07, 6.45) is 0.755. The summed E-state index contributed by atoms with van der Waals surface area (Å²) in [5.74, 6) is 0. The molecule has 0 spiro atoms. The van der Waals surface area contributed by atoms with E-state index in [-0.39, 0.29) is 10.4 Å². The molecular formula is C4H8OS2. The molecule has 0 heterocycles. The van der Waals surface area contributed by atoms with Crippen molar-refractivity contribution >= 4 is 30.4 Å². The second-order valence-electron chi connectivity index (χ2n) is 1.26. The van der Waals surface area contributed by atoms with E-state index in [0.717, 1.165) is 6.42 Å². The van der Waals surface area contributed by atoms with Crippen molar-refractivity contribution in [1.82, 2.24) is 0 Å². The number of carbonyl (C=O) groups excluding carboxylic acids is 1. The molecule has 0 aromatic rings. The van der Waals surface area contributed by atoms with Crippen molar-refractivity contribution in [2.75, 3.05) is 0 Å². The van der Waals surface area contributed by atoms with E-state index in [2.05, 4.69) is 25.3 Å². The maximum absolute atomic E-state index is 10.2. The summed E-state index contributed by atoms with van der Waals surface area (Å²) in [7, 11) is 0. The number of hydrogen-bond acceptors (Lipinski definition) is 2. The molecule has 0 aliphatic rings. The maximum atomic E-state index is 10.2. The average molecular weight is 136 g/mol. The zero-order chi connectivity index (χ0) is 5.86. The lowest BCUT2D eigenvalue weighted by Crippen LogP contribution is -2.04. The van der Waals surface area contributed by atoms with Gasteiger partial charge in [0.1, 0.15) is 0 Å². The average Bonchev–Trinajstić information content (AvgIpc) is 1.65. The Kier molecular flexibility index (Phi) is 3.56. The molecule has 1 unspecified atom stereocenters. The molecule has 0 rings (SSSR count). The topological polar surface area (TPSA) is 17.1 Å². The van der Waals surface area contributed by atoms with E-state index >= 15 is 0 Å². The standard InChI is InChI=1S/C4H8OS2/c1-2-3(6)4(5)7/h3,6H,2H2,1H3,(H,5,7). The Bertz CT molecular complexity index is 72.1. The first kappa shape index (κ1) is 7.37. The largest absolute Gasteiger partial charge is 0.286 e. The van der Waals surface area contributed by atoms with Gasteiger partial charge in [-0.25, -0.2) is 0 Å². The molecule has 0 bridgehead atoms. The second-order valence-corrected chi connectivity index (χ2v) is 2.33. The van der Waals surface area contributed by atoms with Gasteiger partial charge in [-0.15, -0.1) is 12.6 Å². The van der Waals surface area contributed by atoms with Gasteiger partial charge in [-0.05, 0) is 6.42 Å². The van der Waals surface area contributed by atoms with E-state index < -0.39 is 0 Å². The summed E-state index contributed by atoms with van der Waals surface area (Å²) in [5, 5.41) is -0.325. The Morgan fingerprint density at radius 2 is 2.29 bits per heavy atom. The first-order valence-corrected chi connectivity index (χ1v) is 3.05. The zero-order valence-corrected chi connectivity index (χ0v) is 5.88. The first-order valence-electron chi connectivity index (χ1n) is 2.09. The summed E-state index contributed by atoms with van der Waals surface area (Å²) in [5.41, 5.74) is 0. The summed E-state index contributed by atoms with van der Waals surface area (Å²) in [6.45, 7) is 1.89. The first-order chi connectivity index (χ1) is 3.18. The summed E-state index contributed by atoms with van der Waals surface area (Å²) in [6, 6.07) is 0. The highest BCUT2D eigenvalue weighted by molar-refractivity contribution is 7.99. The SMILES string of the molecule is CCC(S)C(=O)S. The predicted octanol–water partition coefficient (Wildman–Crippen LogP) is 1.15. The lowest BCUT2D eigenvalue weighted by atomic mass is 10.4. The van der Waals surface area contributed by atoms with Crippen LogP contribution in [0.4, 0.5) is 0 Å². The van der Waals surface area contributed by atoms with E-state index in [4.69, 9.17) is 0 Å². The van der Waals surface area contributed by atoms with E-state index in [1.54, 1.807) is 0 Å². The Balaban J connectivity index is 3.34. The molecule has 0 aliphatic carbocycles. The van der Waals surface area contributed by atoms with Crippen LogP contribution in [0, 0.1) is 0 Å². The quantitative estimate of drug-likeness (QED) is 0.545. The lowest BCUT2D eigenvalue weighted by Gasteiger charge is -1.96. The number of hydrogen-bond donors (Lipinski definition) is 2. The van der Waals surface area contributed by atoms with Crippen LogP contribution in [-0.2, 0) is 4.79 Å². The fraction of sp³-hybridized carbons (Fsp3) is 0.750.